The number of hydrogen-bond acceptors (Lipinski definition) is 8. The highest BCUT2D eigenvalue weighted by atomic mass is 19.1. The largest absolute Gasteiger partial charge is 0.506 e. The van der Waals surface area contributed by atoms with E-state index < -0.39 is 5.82 Å². The molecule has 0 radical (unpaired) electrons. The molecule has 38 heavy (non-hydrogen) atoms. The third-order valence-corrected chi connectivity index (χ3v) is 8.59. The second-order valence-corrected chi connectivity index (χ2v) is 11.0. The molecule has 1 N–H and O–H groups in total. The highest BCUT2D eigenvalue weighted by Crippen LogP contribution is 2.56. The molecule has 6 rings (SSSR count). The van der Waals surface area contributed by atoms with Gasteiger partial charge in [0, 0.05) is 49.7 Å². The van der Waals surface area contributed by atoms with Gasteiger partial charge in [-0.2, -0.15) is 9.97 Å². The lowest BCUT2D eigenvalue weighted by Crippen LogP contribution is -2.50. The van der Waals surface area contributed by atoms with Gasteiger partial charge in [-0.3, -0.25) is 4.79 Å². The van der Waals surface area contributed by atoms with Crippen molar-refractivity contribution in [2.75, 3.05) is 62.7 Å². The summed E-state index contributed by atoms with van der Waals surface area (Å²) in [6.45, 7) is 8.63. The van der Waals surface area contributed by atoms with E-state index in [0.717, 1.165) is 49.3 Å². The fourth-order valence-electron chi connectivity index (χ4n) is 6.27. The summed E-state index contributed by atoms with van der Waals surface area (Å²) in [6, 6.07) is 5.08. The Balaban J connectivity index is 1.35. The zero-order valence-corrected chi connectivity index (χ0v) is 21.9. The van der Waals surface area contributed by atoms with E-state index >= 15 is 0 Å². The van der Waals surface area contributed by atoms with Crippen molar-refractivity contribution in [3.05, 3.63) is 47.9 Å². The number of hydrogen-bond donors (Lipinski definition) is 1. The Kier molecular flexibility index (Phi) is 6.37. The fourth-order valence-corrected chi connectivity index (χ4v) is 6.27. The predicted molar refractivity (Wildman–Crippen MR) is 142 cm³/mol. The number of aromatic hydroxyl groups is 1. The van der Waals surface area contributed by atoms with Gasteiger partial charge >= 0.3 is 6.01 Å². The van der Waals surface area contributed by atoms with Crippen LogP contribution in [0.5, 0.6) is 11.8 Å². The summed E-state index contributed by atoms with van der Waals surface area (Å²) in [5.41, 5.74) is 1.95. The number of piperazine rings is 1. The molecule has 0 bridgehead atoms. The number of anilines is 2. The van der Waals surface area contributed by atoms with Crippen molar-refractivity contribution >= 4 is 17.4 Å². The molecule has 1 atom stereocenters. The number of carbonyl (C=O) groups excluding carboxylic acids is 1. The first kappa shape index (κ1) is 24.9. The van der Waals surface area contributed by atoms with Gasteiger partial charge < -0.3 is 29.4 Å². The lowest BCUT2D eigenvalue weighted by molar-refractivity contribution is -0.126. The smallest absolute Gasteiger partial charge is 0.318 e. The van der Waals surface area contributed by atoms with Crippen molar-refractivity contribution < 1.29 is 19.0 Å². The molecule has 1 aromatic carbocycles. The molecule has 1 aliphatic carbocycles. The van der Waals surface area contributed by atoms with Crippen LogP contribution in [-0.2, 0) is 16.8 Å². The fraction of sp³-hybridized carbons (Fsp3) is 0.536. The van der Waals surface area contributed by atoms with Gasteiger partial charge in [-0.1, -0.05) is 12.6 Å². The maximum absolute atomic E-state index is 14.9. The number of likely N-dealkylation sites (N-methyl/N-ethyl adjacent to an activating group) is 1. The van der Waals surface area contributed by atoms with E-state index in [1.807, 2.05) is 4.90 Å². The lowest BCUT2D eigenvalue weighted by atomic mass is 9.89. The monoisotopic (exact) mass is 522 g/mol. The zero-order valence-electron chi connectivity index (χ0n) is 21.9. The number of benzene rings is 1. The molecule has 10 heteroatoms. The number of likely N-dealkylation sites (tertiary alicyclic amines) is 1. The van der Waals surface area contributed by atoms with Crippen LogP contribution >= 0.6 is 0 Å². The van der Waals surface area contributed by atoms with Crippen molar-refractivity contribution in [3.63, 3.8) is 0 Å². The molecule has 1 aromatic heterocycles. The third-order valence-electron chi connectivity index (χ3n) is 8.59. The van der Waals surface area contributed by atoms with Gasteiger partial charge in [0.05, 0.1) is 12.2 Å². The number of fused-ring (bicyclic) bond motifs is 2. The number of phenolic OH excluding ortho intramolecular Hbond substituents is 1. The Morgan fingerprint density at radius 3 is 2.66 bits per heavy atom. The van der Waals surface area contributed by atoms with E-state index in [9.17, 15) is 14.3 Å². The Bertz CT molecular complexity index is 1220. The number of para-hydroxylation sites is 1. The lowest BCUT2D eigenvalue weighted by Gasteiger charge is -2.41. The first-order valence-electron chi connectivity index (χ1n) is 13.5. The number of phenols is 1. The van der Waals surface area contributed by atoms with Gasteiger partial charge in [0.25, 0.3) is 0 Å². The van der Waals surface area contributed by atoms with Crippen LogP contribution in [0.1, 0.15) is 36.9 Å². The van der Waals surface area contributed by atoms with E-state index in [4.69, 9.17) is 14.7 Å². The molecular formula is C28H35FN6O3. The van der Waals surface area contributed by atoms with Crippen LogP contribution in [0.25, 0.3) is 0 Å². The average molecular weight is 523 g/mol. The molecule has 4 heterocycles. The van der Waals surface area contributed by atoms with Crippen molar-refractivity contribution in [1.82, 2.24) is 19.8 Å². The van der Waals surface area contributed by atoms with Crippen LogP contribution < -0.4 is 14.5 Å². The summed E-state index contributed by atoms with van der Waals surface area (Å²) in [6.07, 6.45) is 5.49. The first-order valence-corrected chi connectivity index (χ1v) is 13.5. The zero-order chi connectivity index (χ0) is 26.4. The van der Waals surface area contributed by atoms with E-state index in [1.54, 1.807) is 4.90 Å². The molecule has 1 amide bonds. The first-order chi connectivity index (χ1) is 18.4. The van der Waals surface area contributed by atoms with Gasteiger partial charge in [0.1, 0.15) is 29.7 Å². The summed E-state index contributed by atoms with van der Waals surface area (Å²) < 4.78 is 21.1. The van der Waals surface area contributed by atoms with Crippen molar-refractivity contribution in [2.45, 2.75) is 43.7 Å². The topological polar surface area (TPSA) is 85.3 Å². The second-order valence-electron chi connectivity index (χ2n) is 11.0. The molecule has 9 nitrogen and oxygen atoms in total. The number of amides is 1. The number of aromatic nitrogens is 2. The third kappa shape index (κ3) is 4.44. The summed E-state index contributed by atoms with van der Waals surface area (Å²) in [4.78, 5) is 30.3. The van der Waals surface area contributed by atoms with E-state index in [-0.39, 0.29) is 22.8 Å². The normalized spacial score (nSPS) is 22.5. The quantitative estimate of drug-likeness (QED) is 0.580. The minimum absolute atomic E-state index is 0.0573. The average Bonchev–Trinajstić information content (AvgIpc) is 3.55. The number of carbonyl (C=O) groups is 1. The number of nitrogens with zero attached hydrogens (tertiary/aromatic N) is 6. The minimum atomic E-state index is -0.442. The molecule has 202 valence electrons. The molecule has 1 spiro atoms. The van der Waals surface area contributed by atoms with Crippen LogP contribution in [0.3, 0.4) is 0 Å². The second kappa shape index (κ2) is 9.72. The maximum atomic E-state index is 14.9. The summed E-state index contributed by atoms with van der Waals surface area (Å²) >= 11 is 0. The molecular weight excluding hydrogens is 487 g/mol. The predicted octanol–water partition coefficient (Wildman–Crippen LogP) is 2.68. The van der Waals surface area contributed by atoms with Crippen LogP contribution in [0.15, 0.2) is 30.9 Å². The SMILES string of the molecule is C=CC(=O)N1CCN(c2nc(OC[C@@H]3CCCN3C)nc3c2C2(CC2)CN(c2c(O)cccc2F)C3)CC1. The van der Waals surface area contributed by atoms with Crippen molar-refractivity contribution in [2.24, 2.45) is 0 Å². The summed E-state index contributed by atoms with van der Waals surface area (Å²) in [5.74, 6) is 0.299. The highest BCUT2D eigenvalue weighted by molar-refractivity contribution is 5.87. The Morgan fingerprint density at radius 1 is 1.21 bits per heavy atom. The Labute approximate surface area is 222 Å². The molecule has 2 saturated heterocycles. The van der Waals surface area contributed by atoms with Crippen LogP contribution in [-0.4, -0.2) is 89.7 Å². The number of rotatable bonds is 6. The van der Waals surface area contributed by atoms with Gasteiger partial charge in [0.2, 0.25) is 5.91 Å². The van der Waals surface area contributed by atoms with Crippen molar-refractivity contribution in [3.8, 4) is 11.8 Å². The van der Waals surface area contributed by atoms with Gasteiger partial charge in [-0.25, -0.2) is 4.39 Å². The van der Waals surface area contributed by atoms with E-state index in [1.165, 1.54) is 24.3 Å². The van der Waals surface area contributed by atoms with Crippen molar-refractivity contribution in [1.29, 1.82) is 0 Å². The van der Waals surface area contributed by atoms with Crippen LogP contribution in [0.4, 0.5) is 15.9 Å². The van der Waals surface area contributed by atoms with E-state index in [2.05, 4.69) is 23.4 Å². The summed E-state index contributed by atoms with van der Waals surface area (Å²) in [5, 5.41) is 10.5. The Morgan fingerprint density at radius 2 is 2.00 bits per heavy atom. The Hall–Kier alpha value is -3.40. The number of ether oxygens (including phenoxy) is 1. The highest BCUT2D eigenvalue weighted by Gasteiger charge is 2.53. The molecule has 3 fully saturated rings. The number of halogens is 1. The van der Waals surface area contributed by atoms with E-state index in [0.29, 0.717) is 57.9 Å². The van der Waals surface area contributed by atoms with Gasteiger partial charge in [-0.05, 0) is 57.5 Å². The van der Waals surface area contributed by atoms with Gasteiger partial charge in [0.15, 0.2) is 0 Å². The minimum Gasteiger partial charge on any atom is -0.506 e. The summed E-state index contributed by atoms with van der Waals surface area (Å²) in [7, 11) is 2.11. The molecule has 0 unspecified atom stereocenters. The molecule has 4 aliphatic rings. The molecule has 3 aliphatic heterocycles. The van der Waals surface area contributed by atoms with Crippen LogP contribution in [0.2, 0.25) is 0 Å². The standard InChI is InChI=1S/C28H35FN6O3/c1-3-23(37)33-12-14-34(15-13-33)26-24-21(30-27(31-26)38-17-19-6-5-11-32(19)2)16-35(18-28(24)9-10-28)25-20(29)7-4-8-22(25)36/h3-4,7-8,19,36H,1,5-6,9-18H2,2H3/t19-/m0/s1. The van der Waals surface area contributed by atoms with Crippen LogP contribution in [0, 0.1) is 5.82 Å². The molecule has 2 aromatic rings. The molecule has 1 saturated carbocycles. The maximum Gasteiger partial charge on any atom is 0.318 e. The van der Waals surface area contributed by atoms with Gasteiger partial charge in [-0.15, -0.1) is 0 Å².